The first kappa shape index (κ1) is 20.2. The zero-order valence-corrected chi connectivity index (χ0v) is 17.0. The van der Waals surface area contributed by atoms with Gasteiger partial charge < -0.3 is 14.2 Å². The lowest BCUT2D eigenvalue weighted by Crippen LogP contribution is -2.73. The van der Waals surface area contributed by atoms with Crippen molar-refractivity contribution in [3.05, 3.63) is 29.8 Å². The van der Waals surface area contributed by atoms with Gasteiger partial charge in [0, 0.05) is 6.42 Å². The number of nitriles is 3. The standard InChI is InChI=1S/C23H24N4O3/c1-2-3-12-28-17-9-7-16(8-10-17)19-22(15-26)20(27)30-23(29-19)11-5-4-6-18(23)21(22,13-24)14-25/h7-10,18-19,27H,2-6,11-12H2,1H3/t18-,19-,22-,23-/m1/s1. The fourth-order valence-electron chi connectivity index (χ4n) is 5.21. The number of benzene rings is 1. The molecular weight excluding hydrogens is 380 g/mol. The normalized spacial score (nSPS) is 33.3. The number of unbranched alkanes of at least 4 members (excludes halogenated alkanes) is 1. The van der Waals surface area contributed by atoms with Gasteiger partial charge in [-0.2, -0.15) is 15.8 Å². The van der Waals surface area contributed by atoms with E-state index in [4.69, 9.17) is 19.6 Å². The Bertz CT molecular complexity index is 956. The average molecular weight is 404 g/mol. The summed E-state index contributed by atoms with van der Waals surface area (Å²) < 4.78 is 18.0. The van der Waals surface area contributed by atoms with Gasteiger partial charge in [0.2, 0.25) is 11.7 Å². The van der Waals surface area contributed by atoms with E-state index in [0.29, 0.717) is 30.8 Å². The zero-order valence-electron chi connectivity index (χ0n) is 17.0. The Labute approximate surface area is 176 Å². The lowest BCUT2D eigenvalue weighted by Gasteiger charge is -2.63. The van der Waals surface area contributed by atoms with Crippen LogP contribution < -0.4 is 4.74 Å². The summed E-state index contributed by atoms with van der Waals surface area (Å²) in [7, 11) is 0. The van der Waals surface area contributed by atoms with Crippen molar-refractivity contribution in [2.75, 3.05) is 6.61 Å². The summed E-state index contributed by atoms with van der Waals surface area (Å²) in [5, 5.41) is 39.2. The molecule has 2 bridgehead atoms. The van der Waals surface area contributed by atoms with Gasteiger partial charge in [-0.1, -0.05) is 31.9 Å². The van der Waals surface area contributed by atoms with E-state index < -0.39 is 28.6 Å². The molecule has 0 aromatic heterocycles. The lowest BCUT2D eigenvalue weighted by molar-refractivity contribution is -0.360. The fraction of sp³-hybridized carbons (Fsp3) is 0.565. The second-order valence-corrected chi connectivity index (χ2v) is 8.26. The van der Waals surface area contributed by atoms with Crippen molar-refractivity contribution in [3.63, 3.8) is 0 Å². The van der Waals surface area contributed by atoms with Gasteiger partial charge in [-0.3, -0.25) is 5.41 Å². The van der Waals surface area contributed by atoms with E-state index in [1.807, 2.05) is 0 Å². The van der Waals surface area contributed by atoms with Crippen LogP contribution in [0.15, 0.2) is 24.3 Å². The molecule has 7 nitrogen and oxygen atoms in total. The van der Waals surface area contributed by atoms with Crippen LogP contribution in [0.4, 0.5) is 0 Å². The summed E-state index contributed by atoms with van der Waals surface area (Å²) in [6, 6.07) is 13.6. The fourth-order valence-corrected chi connectivity index (χ4v) is 5.21. The second kappa shape index (κ2) is 7.31. The quantitative estimate of drug-likeness (QED) is 0.727. The highest BCUT2D eigenvalue weighted by molar-refractivity contribution is 5.89. The van der Waals surface area contributed by atoms with E-state index in [0.717, 1.165) is 25.7 Å². The molecule has 154 valence electrons. The molecule has 0 radical (unpaired) electrons. The highest BCUT2D eigenvalue weighted by atomic mass is 16.7. The molecule has 30 heavy (non-hydrogen) atoms. The van der Waals surface area contributed by atoms with Gasteiger partial charge in [0.25, 0.3) is 0 Å². The van der Waals surface area contributed by atoms with E-state index in [9.17, 15) is 15.8 Å². The Morgan fingerprint density at radius 1 is 1.13 bits per heavy atom. The predicted molar refractivity (Wildman–Crippen MR) is 106 cm³/mol. The number of fused-ring (bicyclic) bond motifs is 2. The molecule has 3 heterocycles. The van der Waals surface area contributed by atoms with Gasteiger partial charge in [-0.25, -0.2) is 0 Å². The predicted octanol–water partition coefficient (Wildman–Crippen LogP) is 4.37. The van der Waals surface area contributed by atoms with Gasteiger partial charge in [0.15, 0.2) is 10.8 Å². The molecule has 1 N–H and O–H groups in total. The number of nitrogens with zero attached hydrogens (tertiary/aromatic N) is 3. The molecular formula is C23H24N4O3. The molecule has 4 aliphatic rings. The van der Waals surface area contributed by atoms with E-state index in [-0.39, 0.29) is 5.90 Å². The Morgan fingerprint density at radius 3 is 2.50 bits per heavy atom. The lowest BCUT2D eigenvalue weighted by atomic mass is 9.48. The van der Waals surface area contributed by atoms with Gasteiger partial charge in [-0.05, 0) is 37.0 Å². The molecule has 5 rings (SSSR count). The summed E-state index contributed by atoms with van der Waals surface area (Å²) in [5.41, 5.74) is -2.91. The molecule has 0 amide bonds. The second-order valence-electron chi connectivity index (χ2n) is 8.26. The average Bonchev–Trinajstić information content (AvgIpc) is 2.78. The Kier molecular flexibility index (Phi) is 4.92. The van der Waals surface area contributed by atoms with Crippen molar-refractivity contribution in [2.24, 2.45) is 16.7 Å². The van der Waals surface area contributed by atoms with Gasteiger partial charge in [-0.15, -0.1) is 0 Å². The first-order valence-electron chi connectivity index (χ1n) is 10.5. The number of hydrogen-bond acceptors (Lipinski definition) is 7. The molecule has 1 aromatic carbocycles. The third kappa shape index (κ3) is 2.47. The highest BCUT2D eigenvalue weighted by Gasteiger charge is 2.80. The van der Waals surface area contributed by atoms with Crippen molar-refractivity contribution in [2.45, 2.75) is 57.3 Å². The van der Waals surface area contributed by atoms with Crippen molar-refractivity contribution in [1.29, 1.82) is 21.2 Å². The van der Waals surface area contributed by atoms with Crippen LogP contribution in [0.5, 0.6) is 5.75 Å². The molecule has 1 aliphatic carbocycles. The number of nitrogens with one attached hydrogen (secondary N) is 1. The van der Waals surface area contributed by atoms with Crippen LogP contribution in [0.1, 0.15) is 57.1 Å². The number of ether oxygens (including phenoxy) is 3. The summed E-state index contributed by atoms with van der Waals surface area (Å²) in [4.78, 5) is 0. The van der Waals surface area contributed by atoms with Gasteiger partial charge >= 0.3 is 0 Å². The Morgan fingerprint density at radius 2 is 1.87 bits per heavy atom. The molecule has 3 aliphatic heterocycles. The van der Waals surface area contributed by atoms with Crippen molar-refractivity contribution >= 4 is 5.90 Å². The van der Waals surface area contributed by atoms with E-state index in [2.05, 4.69) is 25.1 Å². The molecule has 1 spiro atoms. The van der Waals surface area contributed by atoms with Crippen molar-refractivity contribution in [3.8, 4) is 24.0 Å². The Hall–Kier alpha value is -3.08. The van der Waals surface area contributed by atoms with E-state index >= 15 is 0 Å². The maximum atomic E-state index is 10.3. The van der Waals surface area contributed by atoms with Crippen molar-refractivity contribution in [1.82, 2.24) is 0 Å². The van der Waals surface area contributed by atoms with Crippen LogP contribution in [0.3, 0.4) is 0 Å². The maximum Gasteiger partial charge on any atom is 0.218 e. The molecule has 4 atom stereocenters. The van der Waals surface area contributed by atoms with Crippen molar-refractivity contribution < 1.29 is 14.2 Å². The summed E-state index contributed by atoms with van der Waals surface area (Å²) in [6.45, 7) is 2.71. The Balaban J connectivity index is 1.80. The SMILES string of the molecule is CCCCOc1ccc([C@H]2O[C@@]34CCCC[C@@H]3C(C#N)(C#N)[C@@]2(C#N)C(=N)O4)cc1. The van der Waals surface area contributed by atoms with E-state index in [1.165, 1.54) is 0 Å². The molecule has 1 saturated carbocycles. The van der Waals surface area contributed by atoms with Gasteiger partial charge in [0.1, 0.15) is 11.9 Å². The molecule has 7 heteroatoms. The molecule has 4 fully saturated rings. The third-order valence-electron chi connectivity index (χ3n) is 6.77. The van der Waals surface area contributed by atoms with Crippen LogP contribution in [-0.4, -0.2) is 18.3 Å². The minimum atomic E-state index is -1.83. The molecule has 3 saturated heterocycles. The van der Waals surface area contributed by atoms with Crippen LogP contribution >= 0.6 is 0 Å². The smallest absolute Gasteiger partial charge is 0.218 e. The largest absolute Gasteiger partial charge is 0.494 e. The molecule has 0 unspecified atom stereocenters. The zero-order chi connectivity index (χ0) is 21.4. The minimum Gasteiger partial charge on any atom is -0.494 e. The summed E-state index contributed by atoms with van der Waals surface area (Å²) in [6.07, 6.45) is 3.73. The topological polar surface area (TPSA) is 123 Å². The minimum absolute atomic E-state index is 0.342. The van der Waals surface area contributed by atoms with Crippen LogP contribution in [0.25, 0.3) is 0 Å². The summed E-state index contributed by atoms with van der Waals surface area (Å²) in [5.74, 6) is -1.44. The number of rotatable bonds is 5. The van der Waals surface area contributed by atoms with Crippen LogP contribution in [-0.2, 0) is 9.47 Å². The first-order chi connectivity index (χ1) is 14.5. The first-order valence-corrected chi connectivity index (χ1v) is 10.5. The molecule has 1 aromatic rings. The van der Waals surface area contributed by atoms with Crippen LogP contribution in [0, 0.1) is 56.2 Å². The highest BCUT2D eigenvalue weighted by Crippen LogP contribution is 2.69. The van der Waals surface area contributed by atoms with Crippen LogP contribution in [0.2, 0.25) is 0 Å². The van der Waals surface area contributed by atoms with E-state index in [1.54, 1.807) is 24.3 Å². The maximum absolute atomic E-state index is 10.3. The summed E-state index contributed by atoms with van der Waals surface area (Å²) >= 11 is 0. The number of hydrogen-bond donors (Lipinski definition) is 1. The third-order valence-corrected chi connectivity index (χ3v) is 6.77. The monoisotopic (exact) mass is 404 g/mol. The van der Waals surface area contributed by atoms with Gasteiger partial charge in [0.05, 0.1) is 30.7 Å².